The minimum Gasteiger partial charge on any atom is -0.378 e. The fourth-order valence-electron chi connectivity index (χ4n) is 3.06. The molecule has 1 saturated heterocycles. The maximum atomic E-state index is 5.78. The standard InChI is InChI=1S/C18H29NO/c1-13-11-15(3)18(12-14(13)2)16(4)19-9-8-17-7-5-6-10-20-17/h11-12,16-17,19H,5-10H2,1-4H3. The number of rotatable bonds is 5. The summed E-state index contributed by atoms with van der Waals surface area (Å²) < 4.78 is 5.78. The molecule has 0 aliphatic carbocycles. The van der Waals surface area contributed by atoms with Crippen molar-refractivity contribution in [2.75, 3.05) is 13.2 Å². The zero-order chi connectivity index (χ0) is 14.5. The molecule has 1 N–H and O–H groups in total. The fraction of sp³-hybridized carbons (Fsp3) is 0.667. The first kappa shape index (κ1) is 15.5. The molecule has 2 rings (SSSR count). The molecule has 0 aromatic heterocycles. The van der Waals surface area contributed by atoms with Crippen molar-refractivity contribution in [2.45, 2.75) is 65.5 Å². The van der Waals surface area contributed by atoms with Gasteiger partial charge in [-0.25, -0.2) is 0 Å². The summed E-state index contributed by atoms with van der Waals surface area (Å²) in [6.07, 6.45) is 5.41. The maximum absolute atomic E-state index is 5.78. The molecule has 2 heteroatoms. The van der Waals surface area contributed by atoms with Crippen LogP contribution in [0.2, 0.25) is 0 Å². The Labute approximate surface area is 123 Å². The van der Waals surface area contributed by atoms with Gasteiger partial charge >= 0.3 is 0 Å². The average molecular weight is 275 g/mol. The van der Waals surface area contributed by atoms with Gasteiger partial charge in [0.15, 0.2) is 0 Å². The highest BCUT2D eigenvalue weighted by Gasteiger charge is 2.14. The third kappa shape index (κ3) is 4.07. The van der Waals surface area contributed by atoms with Gasteiger partial charge in [-0.3, -0.25) is 0 Å². The van der Waals surface area contributed by atoms with E-state index in [9.17, 15) is 0 Å². The second-order valence-electron chi connectivity index (χ2n) is 6.25. The van der Waals surface area contributed by atoms with Gasteiger partial charge < -0.3 is 10.1 Å². The lowest BCUT2D eigenvalue weighted by Gasteiger charge is -2.24. The quantitative estimate of drug-likeness (QED) is 0.868. The van der Waals surface area contributed by atoms with Crippen LogP contribution in [0.15, 0.2) is 12.1 Å². The van der Waals surface area contributed by atoms with E-state index in [0.717, 1.165) is 19.6 Å². The summed E-state index contributed by atoms with van der Waals surface area (Å²) in [6, 6.07) is 5.05. The van der Waals surface area contributed by atoms with E-state index in [1.54, 1.807) is 0 Å². The van der Waals surface area contributed by atoms with Gasteiger partial charge in [0.05, 0.1) is 6.10 Å². The molecule has 1 fully saturated rings. The molecular weight excluding hydrogens is 246 g/mol. The van der Waals surface area contributed by atoms with Gasteiger partial charge in [-0.15, -0.1) is 0 Å². The molecule has 1 aromatic carbocycles. The van der Waals surface area contributed by atoms with E-state index in [0.29, 0.717) is 12.1 Å². The van der Waals surface area contributed by atoms with Crippen LogP contribution < -0.4 is 5.32 Å². The van der Waals surface area contributed by atoms with Crippen LogP contribution in [0.1, 0.15) is 60.9 Å². The SMILES string of the molecule is Cc1cc(C)c(C(C)NCCC2CCCCO2)cc1C. The van der Waals surface area contributed by atoms with Crippen molar-refractivity contribution in [3.63, 3.8) is 0 Å². The number of aryl methyl sites for hydroxylation is 3. The molecule has 1 heterocycles. The monoisotopic (exact) mass is 275 g/mol. The van der Waals surface area contributed by atoms with Crippen LogP contribution in [0.5, 0.6) is 0 Å². The largest absolute Gasteiger partial charge is 0.378 e. The number of ether oxygens (including phenoxy) is 1. The normalized spacial score (nSPS) is 20.9. The van der Waals surface area contributed by atoms with Gasteiger partial charge in [-0.1, -0.05) is 12.1 Å². The molecule has 0 radical (unpaired) electrons. The molecule has 2 atom stereocenters. The summed E-state index contributed by atoms with van der Waals surface area (Å²) in [7, 11) is 0. The number of benzene rings is 1. The lowest BCUT2D eigenvalue weighted by molar-refractivity contribution is 0.0112. The number of hydrogen-bond acceptors (Lipinski definition) is 2. The van der Waals surface area contributed by atoms with Crippen LogP contribution in [-0.4, -0.2) is 19.3 Å². The van der Waals surface area contributed by atoms with Crippen LogP contribution in [0, 0.1) is 20.8 Å². The molecule has 112 valence electrons. The molecule has 0 saturated carbocycles. The third-order valence-electron chi connectivity index (χ3n) is 4.54. The lowest BCUT2D eigenvalue weighted by Crippen LogP contribution is -2.27. The van der Waals surface area contributed by atoms with Gasteiger partial charge in [-0.2, -0.15) is 0 Å². The van der Waals surface area contributed by atoms with Crippen molar-refractivity contribution in [3.8, 4) is 0 Å². The smallest absolute Gasteiger partial charge is 0.0587 e. The van der Waals surface area contributed by atoms with E-state index >= 15 is 0 Å². The topological polar surface area (TPSA) is 21.3 Å². The minimum atomic E-state index is 0.415. The molecule has 1 aliphatic rings. The van der Waals surface area contributed by atoms with E-state index in [2.05, 4.69) is 45.1 Å². The zero-order valence-electron chi connectivity index (χ0n) is 13.5. The molecule has 0 amide bonds. The number of nitrogens with one attached hydrogen (secondary N) is 1. The van der Waals surface area contributed by atoms with Crippen LogP contribution in [0.25, 0.3) is 0 Å². The van der Waals surface area contributed by atoms with E-state index in [4.69, 9.17) is 4.74 Å². The first-order valence-electron chi connectivity index (χ1n) is 8.00. The average Bonchev–Trinajstić information content (AvgIpc) is 2.44. The van der Waals surface area contributed by atoms with Crippen LogP contribution in [-0.2, 0) is 4.74 Å². The molecule has 2 nitrogen and oxygen atoms in total. The summed E-state index contributed by atoms with van der Waals surface area (Å²) in [6.45, 7) is 10.9. The van der Waals surface area contributed by atoms with Crippen LogP contribution in [0.3, 0.4) is 0 Å². The van der Waals surface area contributed by atoms with Crippen molar-refractivity contribution < 1.29 is 4.74 Å². The van der Waals surface area contributed by atoms with Gasteiger partial charge in [0.25, 0.3) is 0 Å². The van der Waals surface area contributed by atoms with Crippen molar-refractivity contribution in [1.29, 1.82) is 0 Å². The maximum Gasteiger partial charge on any atom is 0.0587 e. The van der Waals surface area contributed by atoms with Crippen molar-refractivity contribution >= 4 is 0 Å². The Morgan fingerprint density at radius 2 is 1.90 bits per heavy atom. The van der Waals surface area contributed by atoms with E-state index in [1.165, 1.54) is 41.5 Å². The van der Waals surface area contributed by atoms with Gasteiger partial charge in [-0.05, 0) is 82.2 Å². The highest BCUT2D eigenvalue weighted by atomic mass is 16.5. The Kier molecular flexibility index (Phi) is 5.62. The molecule has 1 aliphatic heterocycles. The molecule has 1 aromatic rings. The number of hydrogen-bond donors (Lipinski definition) is 1. The fourth-order valence-corrected chi connectivity index (χ4v) is 3.06. The Balaban J connectivity index is 1.85. The predicted octanol–water partition coefficient (Wildman–Crippen LogP) is 4.22. The molecule has 0 spiro atoms. The molecule has 0 bridgehead atoms. The summed E-state index contributed by atoms with van der Waals surface area (Å²) in [5, 5.41) is 3.65. The van der Waals surface area contributed by atoms with Crippen molar-refractivity contribution in [1.82, 2.24) is 5.32 Å². The van der Waals surface area contributed by atoms with Crippen molar-refractivity contribution in [2.24, 2.45) is 0 Å². The summed E-state index contributed by atoms with van der Waals surface area (Å²) >= 11 is 0. The summed E-state index contributed by atoms with van der Waals surface area (Å²) in [5.41, 5.74) is 5.59. The Bertz CT molecular complexity index is 435. The Hall–Kier alpha value is -0.860. The minimum absolute atomic E-state index is 0.415. The van der Waals surface area contributed by atoms with E-state index in [-0.39, 0.29) is 0 Å². The first-order valence-corrected chi connectivity index (χ1v) is 8.00. The van der Waals surface area contributed by atoms with Crippen LogP contribution in [0.4, 0.5) is 0 Å². The first-order chi connectivity index (χ1) is 9.58. The zero-order valence-corrected chi connectivity index (χ0v) is 13.5. The highest BCUT2D eigenvalue weighted by Crippen LogP contribution is 2.22. The van der Waals surface area contributed by atoms with Crippen molar-refractivity contribution in [3.05, 3.63) is 34.4 Å². The summed E-state index contributed by atoms with van der Waals surface area (Å²) in [5.74, 6) is 0. The van der Waals surface area contributed by atoms with Gasteiger partial charge in [0.1, 0.15) is 0 Å². The second-order valence-corrected chi connectivity index (χ2v) is 6.25. The van der Waals surface area contributed by atoms with Crippen LogP contribution >= 0.6 is 0 Å². The van der Waals surface area contributed by atoms with E-state index in [1.807, 2.05) is 0 Å². The van der Waals surface area contributed by atoms with Gasteiger partial charge in [0, 0.05) is 12.6 Å². The molecule has 2 unspecified atom stereocenters. The predicted molar refractivity (Wildman–Crippen MR) is 85.3 cm³/mol. The van der Waals surface area contributed by atoms with E-state index < -0.39 is 0 Å². The third-order valence-corrected chi connectivity index (χ3v) is 4.54. The summed E-state index contributed by atoms with van der Waals surface area (Å²) in [4.78, 5) is 0. The highest BCUT2D eigenvalue weighted by molar-refractivity contribution is 5.37. The second kappa shape index (κ2) is 7.24. The molecule has 20 heavy (non-hydrogen) atoms. The Morgan fingerprint density at radius 1 is 1.15 bits per heavy atom. The van der Waals surface area contributed by atoms with Gasteiger partial charge in [0.2, 0.25) is 0 Å². The molecular formula is C18H29NO. The lowest BCUT2D eigenvalue weighted by atomic mass is 9.96. The Morgan fingerprint density at radius 3 is 2.60 bits per heavy atom.